The molecule has 0 aliphatic carbocycles. The van der Waals surface area contributed by atoms with Crippen LogP contribution in [0.4, 0.5) is 0 Å². The van der Waals surface area contributed by atoms with Gasteiger partial charge in [-0.2, -0.15) is 0 Å². The summed E-state index contributed by atoms with van der Waals surface area (Å²) in [7, 11) is 0. The van der Waals surface area contributed by atoms with Crippen LogP contribution in [0.1, 0.15) is 22.7 Å². The van der Waals surface area contributed by atoms with Gasteiger partial charge >= 0.3 is 0 Å². The molecule has 0 aliphatic heterocycles. The Hall–Kier alpha value is -2.12. The van der Waals surface area contributed by atoms with E-state index in [2.05, 4.69) is 73.7 Å². The van der Waals surface area contributed by atoms with Crippen molar-refractivity contribution in [3.05, 3.63) is 83.4 Å². The second-order valence-electron chi connectivity index (χ2n) is 5.36. The van der Waals surface area contributed by atoms with Gasteiger partial charge in [-0.25, -0.2) is 0 Å². The standard InChI is InChI=1S/C19H19N/c1-14-9-11-15(12-10-14)13-19(20)18-8-4-6-16-5-2-3-7-17(16)18/h2-12,19H,13,20H2,1H3. The largest absolute Gasteiger partial charge is 0.324 e. The Morgan fingerprint density at radius 3 is 2.35 bits per heavy atom. The fourth-order valence-corrected chi connectivity index (χ4v) is 2.66. The average Bonchev–Trinajstić information content (AvgIpc) is 2.49. The molecule has 1 unspecified atom stereocenters. The van der Waals surface area contributed by atoms with Crippen LogP contribution in [-0.2, 0) is 6.42 Å². The molecule has 3 aromatic carbocycles. The molecule has 3 rings (SSSR count). The molecule has 2 N–H and O–H groups in total. The van der Waals surface area contributed by atoms with Crippen LogP contribution in [-0.4, -0.2) is 0 Å². The Morgan fingerprint density at radius 2 is 1.55 bits per heavy atom. The lowest BCUT2D eigenvalue weighted by Crippen LogP contribution is -2.13. The predicted molar refractivity (Wildman–Crippen MR) is 85.8 cm³/mol. The third kappa shape index (κ3) is 2.59. The van der Waals surface area contributed by atoms with Gasteiger partial charge in [0, 0.05) is 6.04 Å². The molecule has 1 nitrogen and oxygen atoms in total. The molecule has 0 aliphatic rings. The van der Waals surface area contributed by atoms with Crippen molar-refractivity contribution >= 4 is 10.8 Å². The second-order valence-corrected chi connectivity index (χ2v) is 5.36. The summed E-state index contributed by atoms with van der Waals surface area (Å²) in [5.74, 6) is 0. The third-order valence-corrected chi connectivity index (χ3v) is 3.80. The van der Waals surface area contributed by atoms with E-state index in [0.717, 1.165) is 6.42 Å². The van der Waals surface area contributed by atoms with E-state index in [1.807, 2.05) is 0 Å². The van der Waals surface area contributed by atoms with Gasteiger partial charge in [-0.3, -0.25) is 0 Å². The monoisotopic (exact) mass is 261 g/mol. The zero-order valence-corrected chi connectivity index (χ0v) is 11.7. The number of fused-ring (bicyclic) bond motifs is 1. The van der Waals surface area contributed by atoms with E-state index < -0.39 is 0 Å². The van der Waals surface area contributed by atoms with Gasteiger partial charge in [0.25, 0.3) is 0 Å². The first-order valence-corrected chi connectivity index (χ1v) is 7.03. The van der Waals surface area contributed by atoms with Crippen molar-refractivity contribution in [2.45, 2.75) is 19.4 Å². The normalized spacial score (nSPS) is 12.5. The van der Waals surface area contributed by atoms with Crippen LogP contribution in [0.2, 0.25) is 0 Å². The van der Waals surface area contributed by atoms with E-state index in [4.69, 9.17) is 5.73 Å². The number of nitrogens with two attached hydrogens (primary N) is 1. The van der Waals surface area contributed by atoms with E-state index in [1.54, 1.807) is 0 Å². The highest BCUT2D eigenvalue weighted by Crippen LogP contribution is 2.25. The number of hydrogen-bond acceptors (Lipinski definition) is 1. The summed E-state index contributed by atoms with van der Waals surface area (Å²) in [5.41, 5.74) is 10.2. The minimum atomic E-state index is 0.0313. The lowest BCUT2D eigenvalue weighted by molar-refractivity contribution is 0.728. The molecule has 0 bridgehead atoms. The van der Waals surface area contributed by atoms with Crippen LogP contribution in [0.15, 0.2) is 66.7 Å². The maximum Gasteiger partial charge on any atom is 0.0341 e. The Labute approximate surface area is 120 Å². The Balaban J connectivity index is 1.92. The van der Waals surface area contributed by atoms with Crippen molar-refractivity contribution in [1.82, 2.24) is 0 Å². The minimum absolute atomic E-state index is 0.0313. The molecular formula is C19H19N. The molecule has 0 aromatic heterocycles. The van der Waals surface area contributed by atoms with Crippen LogP contribution in [0, 0.1) is 6.92 Å². The van der Waals surface area contributed by atoms with Crippen molar-refractivity contribution in [2.24, 2.45) is 5.73 Å². The molecule has 0 spiro atoms. The van der Waals surface area contributed by atoms with Gasteiger partial charge in [-0.05, 0) is 35.2 Å². The fourth-order valence-electron chi connectivity index (χ4n) is 2.66. The first-order chi connectivity index (χ1) is 9.74. The minimum Gasteiger partial charge on any atom is -0.324 e. The highest BCUT2D eigenvalue weighted by atomic mass is 14.6. The highest BCUT2D eigenvalue weighted by Gasteiger charge is 2.10. The van der Waals surface area contributed by atoms with E-state index in [1.165, 1.54) is 27.5 Å². The lowest BCUT2D eigenvalue weighted by Gasteiger charge is -2.15. The van der Waals surface area contributed by atoms with Crippen molar-refractivity contribution in [2.75, 3.05) is 0 Å². The average molecular weight is 261 g/mol. The van der Waals surface area contributed by atoms with Crippen LogP contribution in [0.25, 0.3) is 10.8 Å². The Morgan fingerprint density at radius 1 is 0.850 bits per heavy atom. The lowest BCUT2D eigenvalue weighted by atomic mass is 9.94. The van der Waals surface area contributed by atoms with Gasteiger partial charge in [0.2, 0.25) is 0 Å². The molecule has 20 heavy (non-hydrogen) atoms. The van der Waals surface area contributed by atoms with E-state index in [9.17, 15) is 0 Å². The number of benzene rings is 3. The van der Waals surface area contributed by atoms with Gasteiger partial charge in [0.05, 0.1) is 0 Å². The van der Waals surface area contributed by atoms with Crippen molar-refractivity contribution in [1.29, 1.82) is 0 Å². The summed E-state index contributed by atoms with van der Waals surface area (Å²) >= 11 is 0. The van der Waals surface area contributed by atoms with Crippen molar-refractivity contribution in [3.63, 3.8) is 0 Å². The maximum absolute atomic E-state index is 6.43. The summed E-state index contributed by atoms with van der Waals surface area (Å²) in [4.78, 5) is 0. The molecule has 1 atom stereocenters. The predicted octanol–water partition coefficient (Wildman–Crippen LogP) is 4.39. The fraction of sp³-hybridized carbons (Fsp3) is 0.158. The van der Waals surface area contributed by atoms with Crippen LogP contribution in [0.5, 0.6) is 0 Å². The second kappa shape index (κ2) is 5.48. The Kier molecular flexibility index (Phi) is 3.53. The summed E-state index contributed by atoms with van der Waals surface area (Å²) in [6.45, 7) is 2.11. The molecule has 0 radical (unpaired) electrons. The van der Waals surface area contributed by atoms with E-state index in [-0.39, 0.29) is 6.04 Å². The first-order valence-electron chi connectivity index (χ1n) is 7.03. The van der Waals surface area contributed by atoms with Gasteiger partial charge in [0.1, 0.15) is 0 Å². The van der Waals surface area contributed by atoms with Crippen LogP contribution >= 0.6 is 0 Å². The van der Waals surface area contributed by atoms with Gasteiger partial charge in [-0.1, -0.05) is 72.3 Å². The molecule has 0 fully saturated rings. The third-order valence-electron chi connectivity index (χ3n) is 3.80. The van der Waals surface area contributed by atoms with Gasteiger partial charge in [0.15, 0.2) is 0 Å². The zero-order valence-electron chi connectivity index (χ0n) is 11.7. The van der Waals surface area contributed by atoms with E-state index >= 15 is 0 Å². The zero-order chi connectivity index (χ0) is 13.9. The van der Waals surface area contributed by atoms with Crippen molar-refractivity contribution < 1.29 is 0 Å². The topological polar surface area (TPSA) is 26.0 Å². The van der Waals surface area contributed by atoms with Crippen LogP contribution < -0.4 is 5.73 Å². The number of aryl methyl sites for hydroxylation is 1. The Bertz CT molecular complexity index is 708. The molecule has 0 saturated heterocycles. The smallest absolute Gasteiger partial charge is 0.0341 e. The SMILES string of the molecule is Cc1ccc(CC(N)c2cccc3ccccc23)cc1. The van der Waals surface area contributed by atoms with Gasteiger partial charge < -0.3 is 5.73 Å². The summed E-state index contributed by atoms with van der Waals surface area (Å²) in [6, 6.07) is 23.4. The van der Waals surface area contributed by atoms with Crippen molar-refractivity contribution in [3.8, 4) is 0 Å². The van der Waals surface area contributed by atoms with E-state index in [0.29, 0.717) is 0 Å². The number of hydrogen-bond donors (Lipinski definition) is 1. The van der Waals surface area contributed by atoms with Gasteiger partial charge in [-0.15, -0.1) is 0 Å². The molecule has 100 valence electrons. The molecule has 0 saturated carbocycles. The quantitative estimate of drug-likeness (QED) is 0.743. The maximum atomic E-state index is 6.43. The highest BCUT2D eigenvalue weighted by molar-refractivity contribution is 5.86. The molecule has 0 amide bonds. The molecular weight excluding hydrogens is 242 g/mol. The summed E-state index contributed by atoms with van der Waals surface area (Å²) < 4.78 is 0. The molecule has 0 heterocycles. The molecule has 3 aromatic rings. The summed E-state index contributed by atoms with van der Waals surface area (Å²) in [6.07, 6.45) is 0.869. The van der Waals surface area contributed by atoms with Crippen LogP contribution in [0.3, 0.4) is 0 Å². The first kappa shape index (κ1) is 12.9. The summed E-state index contributed by atoms with van der Waals surface area (Å²) in [5, 5.41) is 2.51. The molecule has 1 heteroatoms. The number of rotatable bonds is 3.